The quantitative estimate of drug-likeness (QED) is 0.435. The van der Waals surface area contributed by atoms with E-state index in [0.29, 0.717) is 19.8 Å². The van der Waals surface area contributed by atoms with Gasteiger partial charge in [0.2, 0.25) is 0 Å². The van der Waals surface area contributed by atoms with E-state index in [1.165, 1.54) is 0 Å². The van der Waals surface area contributed by atoms with E-state index in [2.05, 4.69) is 0 Å². The first-order chi connectivity index (χ1) is 5.66. The van der Waals surface area contributed by atoms with Crippen LogP contribution in [0, 0.1) is 10.1 Å². The Morgan fingerprint density at radius 3 is 2.58 bits per heavy atom. The topological polar surface area (TPSA) is 102 Å². The van der Waals surface area contributed by atoms with Crippen LogP contribution in [0.5, 0.6) is 0 Å². The zero-order chi connectivity index (χ0) is 9.40. The van der Waals surface area contributed by atoms with E-state index in [1.54, 1.807) is 0 Å². The number of aliphatic hydroxyl groups excluding tert-OH is 1. The van der Waals surface area contributed by atoms with E-state index in [1.807, 2.05) is 0 Å². The van der Waals surface area contributed by atoms with Gasteiger partial charge in [-0.2, -0.15) is 0 Å². The molecule has 0 amide bonds. The first kappa shape index (κ1) is 11.1. The Morgan fingerprint density at radius 2 is 2.25 bits per heavy atom. The fourth-order valence-corrected chi connectivity index (χ4v) is 0.683. The van der Waals surface area contributed by atoms with Crippen molar-refractivity contribution in [3.05, 3.63) is 10.1 Å². The Labute approximate surface area is 68.6 Å². The van der Waals surface area contributed by atoms with E-state index in [4.69, 9.17) is 29.9 Å². The highest BCUT2D eigenvalue weighted by Gasteiger charge is 2.13. The third-order valence-electron chi connectivity index (χ3n) is 1.14. The lowest BCUT2D eigenvalue weighted by atomic mass is 10.3. The Balaban J connectivity index is 0.000000261. The van der Waals surface area contributed by atoms with Gasteiger partial charge >= 0.3 is 0 Å². The predicted octanol–water partition coefficient (Wildman–Crippen LogP) is -0.606. The van der Waals surface area contributed by atoms with Gasteiger partial charge in [-0.3, -0.25) is 0 Å². The van der Waals surface area contributed by atoms with Crippen LogP contribution >= 0.6 is 0 Å². The lowest BCUT2D eigenvalue weighted by Crippen LogP contribution is -2.10. The number of rotatable bonds is 2. The highest BCUT2D eigenvalue weighted by Crippen LogP contribution is 2.05. The average Bonchev–Trinajstić information content (AvgIpc) is 2.39. The summed E-state index contributed by atoms with van der Waals surface area (Å²) in [6.45, 7) is 1.22. The summed E-state index contributed by atoms with van der Waals surface area (Å²) in [5.41, 5.74) is 0. The van der Waals surface area contributed by atoms with Crippen molar-refractivity contribution >= 4 is 0 Å². The second-order valence-corrected chi connectivity index (χ2v) is 2.03. The number of hydrogen-bond donors (Lipinski definition) is 2. The Kier molecular flexibility index (Phi) is 6.25. The van der Waals surface area contributed by atoms with Crippen LogP contribution in [0.2, 0.25) is 0 Å². The summed E-state index contributed by atoms with van der Waals surface area (Å²) >= 11 is 0. The van der Waals surface area contributed by atoms with E-state index < -0.39 is 5.09 Å². The molecule has 1 aliphatic rings. The van der Waals surface area contributed by atoms with Crippen LogP contribution in [0.15, 0.2) is 0 Å². The van der Waals surface area contributed by atoms with Gasteiger partial charge in [0.1, 0.15) is 6.79 Å². The lowest BCUT2D eigenvalue weighted by molar-refractivity contribution is -0.742. The second kappa shape index (κ2) is 6.77. The van der Waals surface area contributed by atoms with Crippen molar-refractivity contribution in [2.45, 2.75) is 12.5 Å². The molecule has 72 valence electrons. The highest BCUT2D eigenvalue weighted by atomic mass is 16.9. The van der Waals surface area contributed by atoms with Crippen molar-refractivity contribution in [1.82, 2.24) is 0 Å². The first-order valence-corrected chi connectivity index (χ1v) is 3.30. The summed E-state index contributed by atoms with van der Waals surface area (Å²) in [5.74, 6) is 0. The summed E-state index contributed by atoms with van der Waals surface area (Å²) in [7, 11) is 0. The fourth-order valence-electron chi connectivity index (χ4n) is 0.683. The Hall–Kier alpha value is -0.920. The molecule has 12 heavy (non-hydrogen) atoms. The average molecular weight is 181 g/mol. The summed E-state index contributed by atoms with van der Waals surface area (Å²) in [6.07, 6.45) is 0.833. The molecule has 2 N–H and O–H groups in total. The molecule has 0 radical (unpaired) electrons. The monoisotopic (exact) mass is 181 g/mol. The lowest BCUT2D eigenvalue weighted by Gasteiger charge is -2.01. The molecule has 0 aliphatic carbocycles. The molecule has 0 aromatic heterocycles. The summed E-state index contributed by atoms with van der Waals surface area (Å²) in [5, 5.41) is 22.0. The maximum Gasteiger partial charge on any atom is 0.291 e. The maximum absolute atomic E-state index is 8.39. The minimum atomic E-state index is -1.50. The van der Waals surface area contributed by atoms with E-state index in [9.17, 15) is 0 Å². The van der Waals surface area contributed by atoms with Gasteiger partial charge in [-0.1, -0.05) is 0 Å². The maximum atomic E-state index is 8.39. The van der Waals surface area contributed by atoms with Crippen molar-refractivity contribution in [2.75, 3.05) is 20.0 Å². The molecule has 0 saturated carbocycles. The largest absolute Gasteiger partial charge is 0.396 e. The molecule has 7 nitrogen and oxygen atoms in total. The normalized spacial score (nSPS) is 21.2. The summed E-state index contributed by atoms with van der Waals surface area (Å²) in [4.78, 5) is 8.36. The van der Waals surface area contributed by atoms with Gasteiger partial charge in [-0.15, -0.1) is 10.1 Å². The molecule has 1 fully saturated rings. The number of ether oxygens (including phenoxy) is 2. The van der Waals surface area contributed by atoms with Crippen molar-refractivity contribution in [1.29, 1.82) is 0 Å². The van der Waals surface area contributed by atoms with E-state index >= 15 is 0 Å². The van der Waals surface area contributed by atoms with Gasteiger partial charge in [0.05, 0.1) is 12.7 Å². The zero-order valence-electron chi connectivity index (χ0n) is 6.38. The van der Waals surface area contributed by atoms with Crippen LogP contribution in [0.4, 0.5) is 0 Å². The molecule has 7 heteroatoms. The molecule has 1 saturated heterocycles. The number of nitrogens with zero attached hydrogens (tertiary/aromatic N) is 1. The van der Waals surface area contributed by atoms with Crippen LogP contribution < -0.4 is 0 Å². The van der Waals surface area contributed by atoms with Gasteiger partial charge in [-0.25, -0.2) is 0 Å². The van der Waals surface area contributed by atoms with Crippen molar-refractivity contribution < 1.29 is 24.9 Å². The minimum absolute atomic E-state index is 0.139. The molecule has 1 heterocycles. The van der Waals surface area contributed by atoms with Crippen molar-refractivity contribution in [2.24, 2.45) is 0 Å². The number of hydrogen-bond acceptors (Lipinski definition) is 5. The van der Waals surface area contributed by atoms with Crippen molar-refractivity contribution in [3.8, 4) is 0 Å². The second-order valence-electron chi connectivity index (χ2n) is 2.03. The van der Waals surface area contributed by atoms with Gasteiger partial charge in [0.25, 0.3) is 5.09 Å². The third kappa shape index (κ3) is 7.19. The molecule has 1 unspecified atom stereocenters. The highest BCUT2D eigenvalue weighted by molar-refractivity contribution is 4.57. The summed E-state index contributed by atoms with van der Waals surface area (Å²) in [6, 6.07) is 0. The SMILES string of the molecule is O=[N+]([O-])O.OCCC1COCO1. The molecule has 1 rings (SSSR count). The van der Waals surface area contributed by atoms with Crippen LogP contribution in [-0.4, -0.2) is 41.5 Å². The van der Waals surface area contributed by atoms with E-state index in [0.717, 1.165) is 0 Å². The van der Waals surface area contributed by atoms with Crippen LogP contribution in [0.1, 0.15) is 6.42 Å². The zero-order valence-corrected chi connectivity index (χ0v) is 6.38. The molecule has 0 bridgehead atoms. The Morgan fingerprint density at radius 1 is 1.67 bits per heavy atom. The molecule has 1 aliphatic heterocycles. The van der Waals surface area contributed by atoms with E-state index in [-0.39, 0.29) is 12.7 Å². The van der Waals surface area contributed by atoms with Gasteiger partial charge < -0.3 is 19.8 Å². The molecule has 0 spiro atoms. The Bertz CT molecular complexity index is 119. The number of aliphatic hydroxyl groups is 1. The molecule has 1 atom stereocenters. The molecule has 0 aromatic carbocycles. The van der Waals surface area contributed by atoms with Crippen molar-refractivity contribution in [3.63, 3.8) is 0 Å². The summed E-state index contributed by atoms with van der Waals surface area (Å²) < 4.78 is 9.89. The molecule has 0 aromatic rings. The molecular formula is C5H11NO6. The van der Waals surface area contributed by atoms with Gasteiger partial charge in [-0.05, 0) is 6.42 Å². The van der Waals surface area contributed by atoms with Gasteiger partial charge in [0.15, 0.2) is 0 Å². The first-order valence-electron chi connectivity index (χ1n) is 3.30. The molecular weight excluding hydrogens is 170 g/mol. The smallest absolute Gasteiger partial charge is 0.291 e. The minimum Gasteiger partial charge on any atom is -0.396 e. The fraction of sp³-hybridized carbons (Fsp3) is 1.00. The standard InChI is InChI=1S/C5H10O3.HNO3/c6-2-1-5-3-7-4-8-5;2-1(3)4/h5-6H,1-4H2;(H,2,3,4). The third-order valence-corrected chi connectivity index (χ3v) is 1.14. The van der Waals surface area contributed by atoms with Crippen LogP contribution in [-0.2, 0) is 9.47 Å². The van der Waals surface area contributed by atoms with Gasteiger partial charge in [0, 0.05) is 6.61 Å². The van der Waals surface area contributed by atoms with Crippen LogP contribution in [0.25, 0.3) is 0 Å². The predicted molar refractivity (Wildman–Crippen MR) is 36.2 cm³/mol. The van der Waals surface area contributed by atoms with Crippen LogP contribution in [0.3, 0.4) is 0 Å².